The number of halogens is 1. The van der Waals surface area contributed by atoms with E-state index >= 15 is 0 Å². The zero-order valence-corrected chi connectivity index (χ0v) is 10.8. The number of carbonyl (C=O) groups excluding carboxylic acids is 1. The molecule has 86 valence electrons. The first kappa shape index (κ1) is 14.3. The SMILES string of the molecule is CNc1ccc(C(=O)NCC(C)C)s1.Cl. The molecule has 15 heavy (non-hydrogen) atoms. The maximum Gasteiger partial charge on any atom is 0.261 e. The van der Waals surface area contributed by atoms with Crippen LogP contribution in [0.25, 0.3) is 0 Å². The highest BCUT2D eigenvalue weighted by molar-refractivity contribution is 7.17. The molecule has 2 N–H and O–H groups in total. The number of nitrogens with one attached hydrogen (secondary N) is 2. The van der Waals surface area contributed by atoms with E-state index in [1.54, 1.807) is 0 Å². The lowest BCUT2D eigenvalue weighted by atomic mass is 10.2. The van der Waals surface area contributed by atoms with Crippen LogP contribution < -0.4 is 10.6 Å². The van der Waals surface area contributed by atoms with E-state index in [1.807, 2.05) is 19.2 Å². The summed E-state index contributed by atoms with van der Waals surface area (Å²) in [4.78, 5) is 12.3. The number of thiophene rings is 1. The van der Waals surface area contributed by atoms with Crippen molar-refractivity contribution >= 4 is 34.7 Å². The summed E-state index contributed by atoms with van der Waals surface area (Å²) in [5.74, 6) is 0.507. The fourth-order valence-electron chi connectivity index (χ4n) is 0.978. The van der Waals surface area contributed by atoms with E-state index in [9.17, 15) is 4.79 Å². The fourth-order valence-corrected chi connectivity index (χ4v) is 1.75. The average molecular weight is 249 g/mol. The van der Waals surface area contributed by atoms with E-state index in [0.29, 0.717) is 5.92 Å². The van der Waals surface area contributed by atoms with Crippen molar-refractivity contribution in [2.45, 2.75) is 13.8 Å². The molecule has 0 bridgehead atoms. The molecule has 0 aliphatic carbocycles. The Kier molecular flexibility index (Phi) is 6.36. The van der Waals surface area contributed by atoms with Crippen LogP contribution in [0.1, 0.15) is 23.5 Å². The third kappa shape index (κ3) is 4.53. The van der Waals surface area contributed by atoms with Gasteiger partial charge in [-0.25, -0.2) is 0 Å². The standard InChI is InChI=1S/C10H16N2OS.ClH/c1-7(2)6-12-10(13)8-4-5-9(11-3)14-8;/h4-5,7,11H,6H2,1-3H3,(H,12,13);1H. The van der Waals surface area contributed by atoms with Gasteiger partial charge in [-0.05, 0) is 18.1 Å². The summed E-state index contributed by atoms with van der Waals surface area (Å²) >= 11 is 1.47. The van der Waals surface area contributed by atoms with Gasteiger partial charge in [0.2, 0.25) is 0 Å². The van der Waals surface area contributed by atoms with Gasteiger partial charge in [-0.3, -0.25) is 4.79 Å². The van der Waals surface area contributed by atoms with E-state index in [4.69, 9.17) is 0 Å². The third-order valence-electron chi connectivity index (χ3n) is 1.75. The maximum absolute atomic E-state index is 11.5. The molecular weight excluding hydrogens is 232 g/mol. The molecule has 0 aliphatic heterocycles. The Morgan fingerprint density at radius 1 is 1.47 bits per heavy atom. The molecule has 0 unspecified atom stereocenters. The number of hydrogen-bond donors (Lipinski definition) is 2. The van der Waals surface area contributed by atoms with E-state index in [0.717, 1.165) is 16.4 Å². The molecular formula is C10H17ClN2OS. The lowest BCUT2D eigenvalue weighted by Gasteiger charge is -2.05. The second kappa shape index (κ2) is 6.69. The summed E-state index contributed by atoms with van der Waals surface area (Å²) in [6.07, 6.45) is 0. The molecule has 1 aromatic rings. The van der Waals surface area contributed by atoms with Crippen LogP contribution in [0.15, 0.2) is 12.1 Å². The highest BCUT2D eigenvalue weighted by Crippen LogP contribution is 2.20. The largest absolute Gasteiger partial charge is 0.380 e. The highest BCUT2D eigenvalue weighted by Gasteiger charge is 2.08. The van der Waals surface area contributed by atoms with Gasteiger partial charge in [-0.15, -0.1) is 23.7 Å². The van der Waals surface area contributed by atoms with Gasteiger partial charge in [0, 0.05) is 13.6 Å². The molecule has 1 heterocycles. The van der Waals surface area contributed by atoms with Gasteiger partial charge in [0.15, 0.2) is 0 Å². The second-order valence-electron chi connectivity index (χ2n) is 3.52. The summed E-state index contributed by atoms with van der Waals surface area (Å²) in [7, 11) is 1.85. The molecule has 0 aromatic carbocycles. The Hall–Kier alpha value is -0.740. The van der Waals surface area contributed by atoms with Gasteiger partial charge < -0.3 is 10.6 Å². The van der Waals surface area contributed by atoms with E-state index in [-0.39, 0.29) is 18.3 Å². The molecule has 1 amide bonds. The molecule has 0 spiro atoms. The number of anilines is 1. The lowest BCUT2D eigenvalue weighted by molar-refractivity contribution is 0.0953. The topological polar surface area (TPSA) is 41.1 Å². The van der Waals surface area contributed by atoms with Crippen LogP contribution in [0.3, 0.4) is 0 Å². The third-order valence-corrected chi connectivity index (χ3v) is 2.85. The highest BCUT2D eigenvalue weighted by atomic mass is 35.5. The Morgan fingerprint density at radius 3 is 2.60 bits per heavy atom. The maximum atomic E-state index is 11.5. The van der Waals surface area contributed by atoms with Gasteiger partial charge in [-0.2, -0.15) is 0 Å². The Bertz CT molecular complexity index is 312. The monoisotopic (exact) mass is 248 g/mol. The first-order valence-corrected chi connectivity index (χ1v) is 5.51. The molecule has 0 saturated carbocycles. The summed E-state index contributed by atoms with van der Waals surface area (Å²) < 4.78 is 0. The van der Waals surface area contributed by atoms with Crippen molar-refractivity contribution in [1.29, 1.82) is 0 Å². The molecule has 5 heteroatoms. The van der Waals surface area contributed by atoms with Crippen molar-refractivity contribution in [2.24, 2.45) is 5.92 Å². The second-order valence-corrected chi connectivity index (χ2v) is 4.60. The molecule has 0 saturated heterocycles. The fraction of sp³-hybridized carbons (Fsp3) is 0.500. The van der Waals surface area contributed by atoms with Crippen molar-refractivity contribution in [3.63, 3.8) is 0 Å². The number of carbonyl (C=O) groups is 1. The smallest absolute Gasteiger partial charge is 0.261 e. The van der Waals surface area contributed by atoms with Gasteiger partial charge in [0.1, 0.15) is 0 Å². The number of hydrogen-bond acceptors (Lipinski definition) is 3. The molecule has 0 radical (unpaired) electrons. The van der Waals surface area contributed by atoms with Crippen LogP contribution in [-0.4, -0.2) is 19.5 Å². The molecule has 0 atom stereocenters. The normalized spacial score (nSPS) is 9.60. The zero-order chi connectivity index (χ0) is 10.6. The summed E-state index contributed by atoms with van der Waals surface area (Å²) in [6.45, 7) is 4.88. The van der Waals surface area contributed by atoms with Crippen molar-refractivity contribution < 1.29 is 4.79 Å². The number of amides is 1. The van der Waals surface area contributed by atoms with Crippen LogP contribution in [0.2, 0.25) is 0 Å². The molecule has 3 nitrogen and oxygen atoms in total. The van der Waals surface area contributed by atoms with Crippen LogP contribution in [0.4, 0.5) is 5.00 Å². The van der Waals surface area contributed by atoms with Crippen molar-refractivity contribution in [3.05, 3.63) is 17.0 Å². The van der Waals surface area contributed by atoms with E-state index < -0.39 is 0 Å². The summed E-state index contributed by atoms with van der Waals surface area (Å²) in [6, 6.07) is 3.75. The van der Waals surface area contributed by atoms with Crippen LogP contribution >= 0.6 is 23.7 Å². The van der Waals surface area contributed by atoms with Crippen molar-refractivity contribution in [2.75, 3.05) is 18.9 Å². The predicted octanol–water partition coefficient (Wildman–Crippen LogP) is 2.60. The minimum Gasteiger partial charge on any atom is -0.380 e. The zero-order valence-electron chi connectivity index (χ0n) is 9.16. The van der Waals surface area contributed by atoms with Gasteiger partial charge in [-0.1, -0.05) is 13.8 Å². The van der Waals surface area contributed by atoms with E-state index in [2.05, 4.69) is 24.5 Å². The molecule has 1 aromatic heterocycles. The van der Waals surface area contributed by atoms with Crippen LogP contribution in [0.5, 0.6) is 0 Å². The molecule has 0 fully saturated rings. The summed E-state index contributed by atoms with van der Waals surface area (Å²) in [5, 5.41) is 6.90. The minimum absolute atomic E-state index is 0. The van der Waals surface area contributed by atoms with E-state index in [1.165, 1.54) is 11.3 Å². The summed E-state index contributed by atoms with van der Waals surface area (Å²) in [5.41, 5.74) is 0. The van der Waals surface area contributed by atoms with Crippen LogP contribution in [0, 0.1) is 5.92 Å². The number of rotatable bonds is 4. The Morgan fingerprint density at radius 2 is 2.13 bits per heavy atom. The van der Waals surface area contributed by atoms with Crippen LogP contribution in [-0.2, 0) is 0 Å². The molecule has 0 aliphatic rings. The molecule has 1 rings (SSSR count). The van der Waals surface area contributed by atoms with Crippen molar-refractivity contribution in [1.82, 2.24) is 5.32 Å². The first-order chi connectivity index (χ1) is 6.63. The first-order valence-electron chi connectivity index (χ1n) is 4.69. The lowest BCUT2D eigenvalue weighted by Crippen LogP contribution is -2.26. The Labute approximate surface area is 101 Å². The minimum atomic E-state index is 0. The van der Waals surface area contributed by atoms with Gasteiger partial charge in [0.25, 0.3) is 5.91 Å². The Balaban J connectivity index is 0.00000196. The van der Waals surface area contributed by atoms with Crippen molar-refractivity contribution in [3.8, 4) is 0 Å². The quantitative estimate of drug-likeness (QED) is 0.860. The van der Waals surface area contributed by atoms with Gasteiger partial charge in [0.05, 0.1) is 9.88 Å². The van der Waals surface area contributed by atoms with Gasteiger partial charge >= 0.3 is 0 Å². The predicted molar refractivity (Wildman–Crippen MR) is 68.3 cm³/mol. The average Bonchev–Trinajstić information content (AvgIpc) is 2.62.